The third-order valence-electron chi connectivity index (χ3n) is 4.10. The van der Waals surface area contributed by atoms with E-state index in [9.17, 15) is 9.90 Å². The van der Waals surface area contributed by atoms with Crippen LogP contribution < -0.4 is 5.56 Å². The zero-order valence-corrected chi connectivity index (χ0v) is 15.8. The van der Waals surface area contributed by atoms with Crippen molar-refractivity contribution in [1.82, 2.24) is 9.55 Å². The number of aromatic nitrogens is 2. The number of halogens is 1. The third kappa shape index (κ3) is 3.39. The van der Waals surface area contributed by atoms with Gasteiger partial charge in [0.05, 0.1) is 11.9 Å². The van der Waals surface area contributed by atoms with E-state index in [0.29, 0.717) is 27.5 Å². The van der Waals surface area contributed by atoms with Gasteiger partial charge in [0.15, 0.2) is 5.75 Å². The monoisotopic (exact) mass is 375 g/mol. The van der Waals surface area contributed by atoms with Gasteiger partial charge in [0, 0.05) is 22.1 Å². The van der Waals surface area contributed by atoms with Gasteiger partial charge in [0.1, 0.15) is 17.7 Å². The molecule has 1 atom stereocenters. The van der Waals surface area contributed by atoms with Crippen LogP contribution in [-0.2, 0) is 17.4 Å². The molecule has 2 aromatic heterocycles. The fraction of sp³-hybridized carbons (Fsp3) is 0.263. The van der Waals surface area contributed by atoms with Crippen LogP contribution in [0.3, 0.4) is 0 Å². The molecule has 3 aromatic rings. The van der Waals surface area contributed by atoms with E-state index in [2.05, 4.69) is 11.9 Å². The van der Waals surface area contributed by atoms with Crippen LogP contribution in [0.15, 0.2) is 52.3 Å². The van der Waals surface area contributed by atoms with Crippen molar-refractivity contribution in [1.29, 1.82) is 0 Å². The van der Waals surface area contributed by atoms with Crippen LogP contribution in [0.25, 0.3) is 11.0 Å². The van der Waals surface area contributed by atoms with Crippen LogP contribution in [0.2, 0.25) is 5.02 Å². The second kappa shape index (κ2) is 7.50. The number of rotatable bonds is 5. The Kier molecular flexibility index (Phi) is 5.35. The van der Waals surface area contributed by atoms with E-state index in [1.807, 2.05) is 24.5 Å². The lowest BCUT2D eigenvalue weighted by Crippen LogP contribution is -2.28. The quantitative estimate of drug-likeness (QED) is 0.690. The highest BCUT2D eigenvalue weighted by molar-refractivity contribution is 7.96. The van der Waals surface area contributed by atoms with E-state index >= 15 is 0 Å². The van der Waals surface area contributed by atoms with Gasteiger partial charge in [-0.2, -0.15) is 0 Å². The van der Waals surface area contributed by atoms with Crippen molar-refractivity contribution in [3.8, 4) is 5.75 Å². The topological polar surface area (TPSA) is 55.1 Å². The lowest BCUT2D eigenvalue weighted by molar-refractivity contribution is 0.463. The number of pyridine rings is 2. The first kappa shape index (κ1) is 17.8. The lowest BCUT2D eigenvalue weighted by atomic mass is 10.2. The SMILES string of the molecule is CCC[S+](C)c1c(O)c2cccnc2n(Cc2ccccc2Cl)c1=O. The highest BCUT2D eigenvalue weighted by atomic mass is 35.5. The Hall–Kier alpha value is -1.98. The molecule has 1 unspecified atom stereocenters. The average molecular weight is 376 g/mol. The first-order chi connectivity index (χ1) is 12.0. The second-order valence-corrected chi connectivity index (χ2v) is 8.37. The molecule has 1 aromatic carbocycles. The molecule has 0 bridgehead atoms. The molecule has 0 aliphatic carbocycles. The third-order valence-corrected chi connectivity index (χ3v) is 6.55. The molecule has 2 heterocycles. The standard InChI is InChI=1S/C19H19ClN2O2S/c1-3-11-25(2)17-16(23)14-8-6-10-21-18(14)22(19(17)24)12-13-7-4-5-9-15(13)20/h4-10H,3,11-12H2,1-2H3/p+1. The summed E-state index contributed by atoms with van der Waals surface area (Å²) in [7, 11) is -0.330. The van der Waals surface area contributed by atoms with Crippen molar-refractivity contribution in [2.45, 2.75) is 24.8 Å². The summed E-state index contributed by atoms with van der Waals surface area (Å²) in [6.07, 6.45) is 4.58. The summed E-state index contributed by atoms with van der Waals surface area (Å²) >= 11 is 6.28. The maximum Gasteiger partial charge on any atom is 0.311 e. The van der Waals surface area contributed by atoms with Gasteiger partial charge in [0.25, 0.3) is 4.90 Å². The van der Waals surface area contributed by atoms with Crippen LogP contribution in [0, 0.1) is 0 Å². The molecule has 1 N–H and O–H groups in total. The number of hydrogen-bond donors (Lipinski definition) is 1. The Morgan fingerprint density at radius 1 is 1.24 bits per heavy atom. The predicted octanol–water partition coefficient (Wildman–Crippen LogP) is 3.82. The molecule has 6 heteroatoms. The minimum absolute atomic E-state index is 0.0581. The summed E-state index contributed by atoms with van der Waals surface area (Å²) < 4.78 is 1.62. The number of nitrogens with zero attached hydrogens (tertiary/aromatic N) is 2. The van der Waals surface area contributed by atoms with Gasteiger partial charge in [-0.1, -0.05) is 36.7 Å². The molecule has 0 radical (unpaired) electrons. The molecule has 3 rings (SSSR count). The minimum atomic E-state index is -0.330. The Balaban J connectivity index is 2.26. The molecule has 25 heavy (non-hydrogen) atoms. The van der Waals surface area contributed by atoms with Crippen molar-refractivity contribution in [2.75, 3.05) is 12.0 Å². The largest absolute Gasteiger partial charge is 0.503 e. The van der Waals surface area contributed by atoms with E-state index in [1.165, 1.54) is 0 Å². The first-order valence-electron chi connectivity index (χ1n) is 8.11. The normalized spacial score (nSPS) is 12.4. The average Bonchev–Trinajstić information content (AvgIpc) is 2.60. The van der Waals surface area contributed by atoms with Crippen molar-refractivity contribution in [2.24, 2.45) is 0 Å². The Bertz CT molecular complexity index is 971. The molecule has 0 amide bonds. The zero-order chi connectivity index (χ0) is 18.0. The summed E-state index contributed by atoms with van der Waals surface area (Å²) in [5.74, 6) is 0.920. The van der Waals surface area contributed by atoms with Crippen LogP contribution in [0.1, 0.15) is 18.9 Å². The van der Waals surface area contributed by atoms with Crippen molar-refractivity contribution in [3.63, 3.8) is 0 Å². The number of hydrogen-bond acceptors (Lipinski definition) is 3. The van der Waals surface area contributed by atoms with E-state index in [0.717, 1.165) is 17.7 Å². The zero-order valence-electron chi connectivity index (χ0n) is 14.2. The second-order valence-electron chi connectivity index (χ2n) is 5.88. The molecular weight excluding hydrogens is 356 g/mol. The molecule has 0 spiro atoms. The molecular formula is C19H20ClN2O2S+. The fourth-order valence-electron chi connectivity index (χ4n) is 2.91. The number of benzene rings is 1. The lowest BCUT2D eigenvalue weighted by Gasteiger charge is -2.14. The Morgan fingerprint density at radius 3 is 2.72 bits per heavy atom. The molecule has 4 nitrogen and oxygen atoms in total. The summed E-state index contributed by atoms with van der Waals surface area (Å²) in [6, 6.07) is 11.0. The Labute approximate surface area is 154 Å². The van der Waals surface area contributed by atoms with E-state index in [1.54, 1.807) is 29.0 Å². The van der Waals surface area contributed by atoms with Crippen LogP contribution in [0.4, 0.5) is 0 Å². The molecule has 0 fully saturated rings. The molecule has 0 saturated carbocycles. The van der Waals surface area contributed by atoms with Gasteiger partial charge in [-0.15, -0.1) is 0 Å². The number of fused-ring (bicyclic) bond motifs is 1. The highest BCUT2D eigenvalue weighted by Gasteiger charge is 2.28. The van der Waals surface area contributed by atoms with Gasteiger partial charge >= 0.3 is 5.56 Å². The first-order valence-corrected chi connectivity index (χ1v) is 10.3. The van der Waals surface area contributed by atoms with Crippen LogP contribution in [0.5, 0.6) is 5.75 Å². The maximum absolute atomic E-state index is 13.2. The van der Waals surface area contributed by atoms with Crippen LogP contribution >= 0.6 is 11.6 Å². The summed E-state index contributed by atoms with van der Waals surface area (Å²) in [5, 5.41) is 11.9. The van der Waals surface area contributed by atoms with Crippen molar-refractivity contribution < 1.29 is 5.11 Å². The summed E-state index contributed by atoms with van der Waals surface area (Å²) in [5.41, 5.74) is 1.13. The number of aromatic hydroxyl groups is 1. The smallest absolute Gasteiger partial charge is 0.311 e. The van der Waals surface area contributed by atoms with Crippen LogP contribution in [-0.4, -0.2) is 26.7 Å². The van der Waals surface area contributed by atoms with Gasteiger partial charge in [-0.25, -0.2) is 4.98 Å². The van der Waals surface area contributed by atoms with Gasteiger partial charge in [-0.05, 0) is 30.2 Å². The van der Waals surface area contributed by atoms with Gasteiger partial charge in [-0.3, -0.25) is 9.36 Å². The predicted molar refractivity (Wildman–Crippen MR) is 105 cm³/mol. The van der Waals surface area contributed by atoms with E-state index < -0.39 is 0 Å². The fourth-order valence-corrected chi connectivity index (χ4v) is 4.77. The van der Waals surface area contributed by atoms with Crippen molar-refractivity contribution >= 4 is 33.5 Å². The summed E-state index contributed by atoms with van der Waals surface area (Å²) in [6.45, 7) is 2.40. The van der Waals surface area contributed by atoms with Gasteiger partial charge < -0.3 is 5.11 Å². The van der Waals surface area contributed by atoms with Gasteiger partial charge in [0.2, 0.25) is 0 Å². The molecule has 0 aliphatic heterocycles. The summed E-state index contributed by atoms with van der Waals surface area (Å²) in [4.78, 5) is 18.0. The Morgan fingerprint density at radius 2 is 2.00 bits per heavy atom. The highest BCUT2D eigenvalue weighted by Crippen LogP contribution is 2.29. The van der Waals surface area contributed by atoms with Crippen molar-refractivity contribution in [3.05, 3.63) is 63.5 Å². The maximum atomic E-state index is 13.2. The molecule has 0 aliphatic rings. The van der Waals surface area contributed by atoms with E-state index in [-0.39, 0.29) is 22.2 Å². The minimum Gasteiger partial charge on any atom is -0.503 e. The molecule has 0 saturated heterocycles. The molecule has 130 valence electrons. The van der Waals surface area contributed by atoms with E-state index in [4.69, 9.17) is 11.6 Å².